The van der Waals surface area contributed by atoms with E-state index in [1.807, 2.05) is 25.1 Å². The topological polar surface area (TPSA) is 94.1 Å². The third kappa shape index (κ3) is 5.46. The lowest BCUT2D eigenvalue weighted by atomic mass is 9.82. The van der Waals surface area contributed by atoms with E-state index in [0.717, 1.165) is 30.5 Å². The van der Waals surface area contributed by atoms with Crippen LogP contribution >= 0.6 is 0 Å². The van der Waals surface area contributed by atoms with Crippen LogP contribution in [0.15, 0.2) is 30.6 Å². The van der Waals surface area contributed by atoms with E-state index in [0.29, 0.717) is 31.4 Å². The minimum atomic E-state index is -3.09. The van der Waals surface area contributed by atoms with Gasteiger partial charge in [-0.3, -0.25) is 4.98 Å². The quantitative estimate of drug-likeness (QED) is 0.775. The van der Waals surface area contributed by atoms with Crippen LogP contribution in [0.2, 0.25) is 0 Å². The lowest BCUT2D eigenvalue weighted by Crippen LogP contribution is -2.41. The molecule has 1 aliphatic rings. The molecule has 0 aromatic carbocycles. The number of ether oxygens (including phenoxy) is 1. The monoisotopic (exact) mass is 390 g/mol. The molecule has 1 saturated heterocycles. The van der Waals surface area contributed by atoms with E-state index in [-0.39, 0.29) is 11.2 Å². The average Bonchev–Trinajstić information content (AvgIpc) is 2.66. The van der Waals surface area contributed by atoms with E-state index in [9.17, 15) is 8.42 Å². The van der Waals surface area contributed by atoms with Crippen molar-refractivity contribution in [2.75, 3.05) is 37.1 Å². The summed E-state index contributed by atoms with van der Waals surface area (Å²) >= 11 is 0. The molecule has 3 rings (SSSR count). The molecule has 3 heterocycles. The van der Waals surface area contributed by atoms with Gasteiger partial charge in [-0.1, -0.05) is 6.92 Å². The van der Waals surface area contributed by atoms with Crippen molar-refractivity contribution in [1.82, 2.24) is 15.0 Å². The van der Waals surface area contributed by atoms with Crippen molar-refractivity contribution in [3.05, 3.63) is 36.3 Å². The Labute approximate surface area is 160 Å². The van der Waals surface area contributed by atoms with Gasteiger partial charge in [0.1, 0.15) is 15.7 Å². The number of aryl methyl sites for hydroxylation is 1. The maximum absolute atomic E-state index is 12.0. The standard InChI is InChI=1S/C19H26N4O3S/c1-3-16-12-17(23-18(22-16)15-4-8-20-9-5-15)21-13-19(14-27(2,24)25)6-10-26-11-7-19/h4-5,8-9,12H,3,6-7,10-11,13-14H2,1-2H3,(H,21,22,23). The molecule has 8 heteroatoms. The number of rotatable bonds is 7. The maximum atomic E-state index is 12.0. The van der Waals surface area contributed by atoms with Crippen molar-refractivity contribution in [1.29, 1.82) is 0 Å². The van der Waals surface area contributed by atoms with Crippen LogP contribution in [0.3, 0.4) is 0 Å². The predicted octanol–water partition coefficient (Wildman–Crippen LogP) is 2.35. The molecule has 146 valence electrons. The summed E-state index contributed by atoms with van der Waals surface area (Å²) in [6, 6.07) is 5.68. The smallest absolute Gasteiger partial charge is 0.161 e. The van der Waals surface area contributed by atoms with Crippen molar-refractivity contribution >= 4 is 15.7 Å². The van der Waals surface area contributed by atoms with E-state index < -0.39 is 9.84 Å². The number of anilines is 1. The maximum Gasteiger partial charge on any atom is 0.161 e. The fourth-order valence-corrected chi connectivity index (χ4v) is 4.91. The molecule has 0 radical (unpaired) electrons. The Balaban J connectivity index is 1.83. The Morgan fingerprint density at radius 2 is 1.89 bits per heavy atom. The van der Waals surface area contributed by atoms with Gasteiger partial charge in [0.15, 0.2) is 5.82 Å². The minimum absolute atomic E-state index is 0.152. The summed E-state index contributed by atoms with van der Waals surface area (Å²) in [5.41, 5.74) is 1.50. The molecule has 0 unspecified atom stereocenters. The Kier molecular flexibility index (Phi) is 6.06. The van der Waals surface area contributed by atoms with Crippen molar-refractivity contribution < 1.29 is 13.2 Å². The fraction of sp³-hybridized carbons (Fsp3) is 0.526. The second-order valence-corrected chi connectivity index (χ2v) is 9.33. The molecule has 1 N–H and O–H groups in total. The first-order chi connectivity index (χ1) is 12.9. The third-order valence-corrected chi connectivity index (χ3v) is 5.98. The molecule has 1 fully saturated rings. The summed E-state index contributed by atoms with van der Waals surface area (Å²) in [5.74, 6) is 1.51. The number of nitrogens with one attached hydrogen (secondary N) is 1. The van der Waals surface area contributed by atoms with Gasteiger partial charge in [0.2, 0.25) is 0 Å². The van der Waals surface area contributed by atoms with Crippen LogP contribution in [0.1, 0.15) is 25.5 Å². The summed E-state index contributed by atoms with van der Waals surface area (Å²) in [7, 11) is -3.09. The Bertz CT molecular complexity index is 866. The number of aromatic nitrogens is 3. The first-order valence-corrected chi connectivity index (χ1v) is 11.2. The zero-order valence-electron chi connectivity index (χ0n) is 15.8. The highest BCUT2D eigenvalue weighted by Crippen LogP contribution is 2.32. The summed E-state index contributed by atoms with van der Waals surface area (Å²) in [4.78, 5) is 13.3. The Morgan fingerprint density at radius 1 is 1.19 bits per heavy atom. The van der Waals surface area contributed by atoms with E-state index >= 15 is 0 Å². The summed E-state index contributed by atoms with van der Waals surface area (Å²) in [6.45, 7) is 3.76. The van der Waals surface area contributed by atoms with Crippen molar-refractivity contribution in [2.24, 2.45) is 5.41 Å². The number of pyridine rings is 1. The van der Waals surface area contributed by atoms with Crippen LogP contribution in [0.4, 0.5) is 5.82 Å². The summed E-state index contributed by atoms with van der Waals surface area (Å²) in [6.07, 6.45) is 6.95. The Hall–Kier alpha value is -2.06. The number of hydrogen-bond acceptors (Lipinski definition) is 7. The van der Waals surface area contributed by atoms with Crippen molar-refractivity contribution in [3.63, 3.8) is 0 Å². The van der Waals surface area contributed by atoms with E-state index in [2.05, 4.69) is 20.3 Å². The molecule has 27 heavy (non-hydrogen) atoms. The first-order valence-electron chi connectivity index (χ1n) is 9.17. The molecule has 0 atom stereocenters. The average molecular weight is 391 g/mol. The molecule has 1 aliphatic heterocycles. The van der Waals surface area contributed by atoms with Gasteiger partial charge in [0.25, 0.3) is 0 Å². The molecule has 0 bridgehead atoms. The van der Waals surface area contributed by atoms with Crippen LogP contribution < -0.4 is 5.32 Å². The fourth-order valence-electron chi connectivity index (χ4n) is 3.41. The van der Waals surface area contributed by atoms with Gasteiger partial charge in [0.05, 0.1) is 5.75 Å². The van der Waals surface area contributed by atoms with Crippen LogP contribution in [-0.2, 0) is 21.0 Å². The molecular formula is C19H26N4O3S. The lowest BCUT2D eigenvalue weighted by molar-refractivity contribution is 0.0315. The van der Waals surface area contributed by atoms with Crippen LogP contribution in [-0.4, -0.2) is 55.1 Å². The van der Waals surface area contributed by atoms with Gasteiger partial charge >= 0.3 is 0 Å². The Morgan fingerprint density at radius 3 is 2.52 bits per heavy atom. The summed E-state index contributed by atoms with van der Waals surface area (Å²) in [5, 5.41) is 3.38. The number of nitrogens with zero attached hydrogens (tertiary/aromatic N) is 3. The second kappa shape index (κ2) is 8.31. The molecule has 2 aromatic heterocycles. The van der Waals surface area contributed by atoms with Gasteiger partial charge in [0, 0.05) is 61.1 Å². The van der Waals surface area contributed by atoms with Crippen LogP contribution in [0.5, 0.6) is 0 Å². The highest BCUT2D eigenvalue weighted by atomic mass is 32.2. The second-order valence-electron chi connectivity index (χ2n) is 7.19. The molecular weight excluding hydrogens is 364 g/mol. The van der Waals surface area contributed by atoms with Gasteiger partial charge in [-0.05, 0) is 31.4 Å². The van der Waals surface area contributed by atoms with Gasteiger partial charge in [-0.15, -0.1) is 0 Å². The zero-order chi connectivity index (χ0) is 19.3. The highest BCUT2D eigenvalue weighted by molar-refractivity contribution is 7.90. The molecule has 0 saturated carbocycles. The molecule has 0 amide bonds. The zero-order valence-corrected chi connectivity index (χ0v) is 16.6. The normalized spacial score (nSPS) is 16.8. The van der Waals surface area contributed by atoms with Crippen molar-refractivity contribution in [3.8, 4) is 11.4 Å². The largest absolute Gasteiger partial charge is 0.381 e. The van der Waals surface area contributed by atoms with Crippen molar-refractivity contribution in [2.45, 2.75) is 26.2 Å². The van der Waals surface area contributed by atoms with Crippen LogP contribution in [0, 0.1) is 5.41 Å². The first kappa shape index (κ1) is 19.7. The number of hydrogen-bond donors (Lipinski definition) is 1. The van der Waals surface area contributed by atoms with Gasteiger partial charge in [-0.25, -0.2) is 18.4 Å². The van der Waals surface area contributed by atoms with Gasteiger partial charge < -0.3 is 10.1 Å². The van der Waals surface area contributed by atoms with E-state index in [1.165, 1.54) is 6.26 Å². The third-order valence-electron chi connectivity index (χ3n) is 4.85. The predicted molar refractivity (Wildman–Crippen MR) is 105 cm³/mol. The van der Waals surface area contributed by atoms with Crippen LogP contribution in [0.25, 0.3) is 11.4 Å². The highest BCUT2D eigenvalue weighted by Gasteiger charge is 2.36. The summed E-state index contributed by atoms with van der Waals surface area (Å²) < 4.78 is 29.4. The molecule has 2 aromatic rings. The number of sulfone groups is 1. The van der Waals surface area contributed by atoms with E-state index in [4.69, 9.17) is 4.74 Å². The molecule has 7 nitrogen and oxygen atoms in total. The lowest BCUT2D eigenvalue weighted by Gasteiger charge is -2.36. The molecule has 0 aliphatic carbocycles. The van der Waals surface area contributed by atoms with E-state index in [1.54, 1.807) is 12.4 Å². The minimum Gasteiger partial charge on any atom is -0.381 e. The SMILES string of the molecule is CCc1cc(NCC2(CS(C)(=O)=O)CCOCC2)nc(-c2ccncc2)n1. The molecule has 0 spiro atoms. The van der Waals surface area contributed by atoms with Gasteiger partial charge in [-0.2, -0.15) is 0 Å².